The number of benzene rings is 2. The lowest BCUT2D eigenvalue weighted by Gasteiger charge is -2.09. The molecule has 4 aromatic rings. The number of aryl methyl sites for hydroxylation is 1. The molecule has 6 nitrogen and oxygen atoms in total. The Morgan fingerprint density at radius 3 is 2.56 bits per heavy atom. The lowest BCUT2D eigenvalue weighted by Crippen LogP contribution is -2.41. The van der Waals surface area contributed by atoms with Crippen molar-refractivity contribution in [3.63, 3.8) is 0 Å². The molecule has 0 atom stereocenters. The standard InChI is InChI=1S/C24H20Cl2N4O2/c25-15-11-12-20-18(14-15)16(23(28-20)21-9-3-4-13-27-21)7-5-10-22(31)29-30-24(32)17-6-1-2-8-19(17)26/h1-4,6,8-9,11-14,28H,5,7,10H2,(H,29,31)(H,30,32). The van der Waals surface area contributed by atoms with Crippen LogP contribution in [0.15, 0.2) is 66.9 Å². The maximum absolute atomic E-state index is 12.3. The summed E-state index contributed by atoms with van der Waals surface area (Å²) in [7, 11) is 0. The molecular weight excluding hydrogens is 447 g/mol. The van der Waals surface area contributed by atoms with Crippen LogP contribution in [0.25, 0.3) is 22.3 Å². The van der Waals surface area contributed by atoms with Gasteiger partial charge in [-0.1, -0.05) is 41.4 Å². The summed E-state index contributed by atoms with van der Waals surface area (Å²) in [5.41, 5.74) is 8.89. The minimum absolute atomic E-state index is 0.234. The summed E-state index contributed by atoms with van der Waals surface area (Å²) in [6.45, 7) is 0. The van der Waals surface area contributed by atoms with Crippen LogP contribution < -0.4 is 10.9 Å². The van der Waals surface area contributed by atoms with E-state index in [9.17, 15) is 9.59 Å². The van der Waals surface area contributed by atoms with Crippen molar-refractivity contribution in [2.24, 2.45) is 0 Å². The van der Waals surface area contributed by atoms with Gasteiger partial charge in [-0.2, -0.15) is 0 Å². The number of nitrogens with zero attached hydrogens (tertiary/aromatic N) is 1. The van der Waals surface area contributed by atoms with Crippen LogP contribution >= 0.6 is 23.2 Å². The number of aromatic nitrogens is 2. The molecule has 0 saturated carbocycles. The zero-order valence-electron chi connectivity index (χ0n) is 17.0. The number of aromatic amines is 1. The predicted octanol–water partition coefficient (Wildman–Crippen LogP) is 5.32. The van der Waals surface area contributed by atoms with Crippen molar-refractivity contribution in [3.05, 3.63) is 88.0 Å². The Balaban J connectivity index is 1.42. The van der Waals surface area contributed by atoms with Crippen molar-refractivity contribution >= 4 is 45.9 Å². The molecule has 0 bridgehead atoms. The Hall–Kier alpha value is -3.35. The molecule has 0 unspecified atom stereocenters. The van der Waals surface area contributed by atoms with E-state index in [0.717, 1.165) is 27.9 Å². The van der Waals surface area contributed by atoms with Gasteiger partial charge in [-0.3, -0.25) is 25.4 Å². The second-order valence-corrected chi connectivity index (χ2v) is 8.06. The zero-order valence-corrected chi connectivity index (χ0v) is 18.5. The van der Waals surface area contributed by atoms with Gasteiger partial charge in [0, 0.05) is 28.5 Å². The van der Waals surface area contributed by atoms with E-state index in [1.165, 1.54) is 0 Å². The van der Waals surface area contributed by atoms with Crippen LogP contribution in [0.4, 0.5) is 0 Å². The summed E-state index contributed by atoms with van der Waals surface area (Å²) in [5.74, 6) is -0.754. The number of hydrazine groups is 1. The maximum Gasteiger partial charge on any atom is 0.271 e. The number of hydrogen-bond donors (Lipinski definition) is 3. The minimum atomic E-state index is -0.465. The number of carbonyl (C=O) groups is 2. The minimum Gasteiger partial charge on any atom is -0.353 e. The van der Waals surface area contributed by atoms with E-state index in [1.54, 1.807) is 30.5 Å². The van der Waals surface area contributed by atoms with Crippen LogP contribution in [0.1, 0.15) is 28.8 Å². The molecule has 0 fully saturated rings. The van der Waals surface area contributed by atoms with Gasteiger partial charge in [0.05, 0.1) is 22.0 Å². The SMILES string of the molecule is O=C(CCCc1c(-c2ccccn2)[nH]c2ccc(Cl)cc12)NNC(=O)c1ccccc1Cl. The molecule has 0 aliphatic rings. The van der Waals surface area contributed by atoms with Crippen LogP contribution in [0.3, 0.4) is 0 Å². The van der Waals surface area contributed by atoms with E-state index in [1.807, 2.05) is 36.4 Å². The molecule has 8 heteroatoms. The third-order valence-corrected chi connectivity index (χ3v) is 5.62. The monoisotopic (exact) mass is 466 g/mol. The summed E-state index contributed by atoms with van der Waals surface area (Å²) in [5, 5.41) is 1.97. The van der Waals surface area contributed by atoms with Gasteiger partial charge in [0.15, 0.2) is 0 Å². The van der Waals surface area contributed by atoms with Crippen LogP contribution in [0, 0.1) is 0 Å². The summed E-state index contributed by atoms with van der Waals surface area (Å²) >= 11 is 12.2. The lowest BCUT2D eigenvalue weighted by molar-refractivity contribution is -0.121. The third kappa shape index (κ3) is 4.93. The zero-order chi connectivity index (χ0) is 22.5. The molecule has 4 rings (SSSR count). The number of nitrogens with one attached hydrogen (secondary N) is 3. The largest absolute Gasteiger partial charge is 0.353 e. The van der Waals surface area contributed by atoms with E-state index < -0.39 is 5.91 Å². The number of H-pyrrole nitrogens is 1. The average molecular weight is 467 g/mol. The van der Waals surface area contributed by atoms with Crippen LogP contribution in [-0.2, 0) is 11.2 Å². The molecule has 0 saturated heterocycles. The molecule has 0 aliphatic carbocycles. The summed E-state index contributed by atoms with van der Waals surface area (Å²) < 4.78 is 0. The lowest BCUT2D eigenvalue weighted by atomic mass is 10.0. The van der Waals surface area contributed by atoms with Crippen LogP contribution in [0.2, 0.25) is 10.0 Å². The first kappa shape index (κ1) is 21.9. The quantitative estimate of drug-likeness (QED) is 0.336. The average Bonchev–Trinajstić information content (AvgIpc) is 3.16. The van der Waals surface area contributed by atoms with Gasteiger partial charge in [-0.25, -0.2) is 0 Å². The fourth-order valence-electron chi connectivity index (χ4n) is 3.54. The van der Waals surface area contributed by atoms with Crippen molar-refractivity contribution in [2.45, 2.75) is 19.3 Å². The number of amides is 2. The van der Waals surface area contributed by atoms with Gasteiger partial charge >= 0.3 is 0 Å². The van der Waals surface area contributed by atoms with Crippen molar-refractivity contribution in [2.75, 3.05) is 0 Å². The molecule has 3 N–H and O–H groups in total. The molecule has 0 spiro atoms. The number of carbonyl (C=O) groups excluding carboxylic acids is 2. The van der Waals surface area contributed by atoms with Gasteiger partial charge in [-0.05, 0) is 60.9 Å². The Labute approximate surface area is 194 Å². The molecule has 2 amide bonds. The Kier molecular flexibility index (Phi) is 6.73. The first-order valence-corrected chi connectivity index (χ1v) is 10.8. The molecule has 0 radical (unpaired) electrons. The number of hydrogen-bond acceptors (Lipinski definition) is 3. The number of rotatable bonds is 6. The number of halogens is 2. The predicted molar refractivity (Wildman–Crippen MR) is 127 cm³/mol. The Morgan fingerprint density at radius 2 is 1.78 bits per heavy atom. The molecule has 2 aromatic heterocycles. The van der Waals surface area contributed by atoms with Gasteiger partial charge in [0.1, 0.15) is 0 Å². The summed E-state index contributed by atoms with van der Waals surface area (Å²) in [4.78, 5) is 32.3. The van der Waals surface area contributed by atoms with Crippen molar-refractivity contribution in [3.8, 4) is 11.4 Å². The highest BCUT2D eigenvalue weighted by atomic mass is 35.5. The van der Waals surface area contributed by atoms with E-state index in [0.29, 0.717) is 28.5 Å². The summed E-state index contributed by atoms with van der Waals surface area (Å²) in [6.07, 6.45) is 3.19. The van der Waals surface area contributed by atoms with Gasteiger partial charge in [-0.15, -0.1) is 0 Å². The first-order chi connectivity index (χ1) is 15.5. The van der Waals surface area contributed by atoms with Crippen LogP contribution in [0.5, 0.6) is 0 Å². The van der Waals surface area contributed by atoms with E-state index in [-0.39, 0.29) is 12.3 Å². The normalized spacial score (nSPS) is 10.8. The van der Waals surface area contributed by atoms with Crippen molar-refractivity contribution < 1.29 is 9.59 Å². The van der Waals surface area contributed by atoms with Gasteiger partial charge in [0.25, 0.3) is 5.91 Å². The van der Waals surface area contributed by atoms with Crippen molar-refractivity contribution in [1.82, 2.24) is 20.8 Å². The van der Waals surface area contributed by atoms with Crippen LogP contribution in [-0.4, -0.2) is 21.8 Å². The first-order valence-electron chi connectivity index (χ1n) is 10.1. The molecule has 162 valence electrons. The summed E-state index contributed by atoms with van der Waals surface area (Å²) in [6, 6.07) is 18.1. The molecule has 32 heavy (non-hydrogen) atoms. The highest BCUT2D eigenvalue weighted by molar-refractivity contribution is 6.33. The second-order valence-electron chi connectivity index (χ2n) is 7.22. The Bertz CT molecular complexity index is 1270. The number of fused-ring (bicyclic) bond motifs is 1. The number of pyridine rings is 1. The molecule has 2 aromatic carbocycles. The fourth-order valence-corrected chi connectivity index (χ4v) is 3.93. The topological polar surface area (TPSA) is 86.9 Å². The fraction of sp³-hybridized carbons (Fsp3) is 0.125. The molecular formula is C24H20Cl2N4O2. The smallest absolute Gasteiger partial charge is 0.271 e. The molecule has 0 aliphatic heterocycles. The maximum atomic E-state index is 12.3. The highest BCUT2D eigenvalue weighted by Gasteiger charge is 2.15. The van der Waals surface area contributed by atoms with Crippen molar-refractivity contribution in [1.29, 1.82) is 0 Å². The van der Waals surface area contributed by atoms with E-state index >= 15 is 0 Å². The Morgan fingerprint density at radius 1 is 0.969 bits per heavy atom. The van der Waals surface area contributed by atoms with Gasteiger partial charge in [0.2, 0.25) is 5.91 Å². The van der Waals surface area contributed by atoms with E-state index in [2.05, 4.69) is 20.8 Å². The second kappa shape index (κ2) is 9.85. The molecule has 2 heterocycles. The third-order valence-electron chi connectivity index (χ3n) is 5.05. The van der Waals surface area contributed by atoms with Gasteiger partial charge < -0.3 is 4.98 Å². The van der Waals surface area contributed by atoms with E-state index in [4.69, 9.17) is 23.2 Å². The highest BCUT2D eigenvalue weighted by Crippen LogP contribution is 2.32.